The highest BCUT2D eigenvalue weighted by atomic mass is 35.5. The summed E-state index contributed by atoms with van der Waals surface area (Å²) in [4.78, 5) is 25.8. The van der Waals surface area contributed by atoms with Crippen molar-refractivity contribution in [2.24, 2.45) is 0 Å². The van der Waals surface area contributed by atoms with Crippen molar-refractivity contribution in [3.63, 3.8) is 0 Å². The molecule has 1 N–H and O–H groups in total. The van der Waals surface area contributed by atoms with Crippen molar-refractivity contribution in [1.82, 2.24) is 10.2 Å². The molecular weight excluding hydrogens is 399 g/mol. The van der Waals surface area contributed by atoms with Gasteiger partial charge in [-0.15, -0.1) is 0 Å². The first-order valence-electron chi connectivity index (χ1n) is 9.11. The third-order valence-corrected chi connectivity index (χ3v) is 4.46. The number of amides is 3. The van der Waals surface area contributed by atoms with E-state index >= 15 is 0 Å². The number of rotatable bonds is 7. The molecule has 2 aromatic carbocycles. The van der Waals surface area contributed by atoms with Gasteiger partial charge in [-0.1, -0.05) is 29.8 Å². The van der Waals surface area contributed by atoms with E-state index in [0.29, 0.717) is 35.3 Å². The van der Waals surface area contributed by atoms with Crippen LogP contribution in [0.2, 0.25) is 5.02 Å². The average Bonchev–Trinajstić information content (AvgIpc) is 2.94. The number of nitrogens with one attached hydrogen (secondary N) is 1. The van der Waals surface area contributed by atoms with E-state index in [9.17, 15) is 14.0 Å². The molecule has 2 aromatic rings. The number of nitrogens with zero attached hydrogens (tertiary/aromatic N) is 1. The lowest BCUT2D eigenvalue weighted by molar-refractivity contribution is -0.123. The van der Waals surface area contributed by atoms with Crippen LogP contribution < -0.4 is 14.8 Å². The van der Waals surface area contributed by atoms with Crippen molar-refractivity contribution in [3.8, 4) is 11.5 Å². The number of benzene rings is 2. The number of hydrogen-bond acceptors (Lipinski definition) is 4. The highest BCUT2D eigenvalue weighted by molar-refractivity contribution is 6.32. The molecule has 1 aliphatic heterocycles. The Morgan fingerprint density at radius 2 is 1.86 bits per heavy atom. The Morgan fingerprint density at radius 1 is 1.14 bits per heavy atom. The second-order valence-electron chi connectivity index (χ2n) is 6.17. The van der Waals surface area contributed by atoms with Crippen LogP contribution in [0, 0.1) is 5.82 Å². The molecule has 0 aliphatic carbocycles. The van der Waals surface area contributed by atoms with Crippen LogP contribution in [-0.4, -0.2) is 30.1 Å². The topological polar surface area (TPSA) is 67.9 Å². The molecular formula is C21H20ClFN2O4. The number of ether oxygens (including phenoxy) is 2. The van der Waals surface area contributed by atoms with Crippen molar-refractivity contribution >= 4 is 29.6 Å². The first-order valence-corrected chi connectivity index (χ1v) is 9.49. The zero-order valence-corrected chi connectivity index (χ0v) is 16.8. The van der Waals surface area contributed by atoms with Crippen molar-refractivity contribution in [2.45, 2.75) is 20.4 Å². The number of hydrogen-bond donors (Lipinski definition) is 1. The maximum atomic E-state index is 13.9. The standard InChI is InChI=1S/C21H20ClFN2O4/c1-3-28-18-11-13(9-15(22)19(18)29-4-2)10-17-20(26)25(21(27)24-17)12-14-7-5-6-8-16(14)23/h5-11H,3-4,12H2,1-2H3,(H,24,27). The molecule has 0 bridgehead atoms. The first-order chi connectivity index (χ1) is 13.9. The average molecular weight is 419 g/mol. The first kappa shape index (κ1) is 20.7. The minimum absolute atomic E-state index is 0.0639. The van der Waals surface area contributed by atoms with E-state index in [1.165, 1.54) is 18.2 Å². The quantitative estimate of drug-likeness (QED) is 0.535. The summed E-state index contributed by atoms with van der Waals surface area (Å²) in [6.45, 7) is 4.32. The van der Waals surface area contributed by atoms with E-state index in [1.54, 1.807) is 24.3 Å². The smallest absolute Gasteiger partial charge is 0.329 e. The fraction of sp³-hybridized carbons (Fsp3) is 0.238. The van der Waals surface area contributed by atoms with Crippen LogP contribution in [0.1, 0.15) is 25.0 Å². The van der Waals surface area contributed by atoms with Crippen LogP contribution in [0.25, 0.3) is 6.08 Å². The van der Waals surface area contributed by atoms with Gasteiger partial charge >= 0.3 is 6.03 Å². The van der Waals surface area contributed by atoms with Gasteiger partial charge in [-0.2, -0.15) is 0 Å². The third-order valence-electron chi connectivity index (χ3n) is 4.18. The molecule has 8 heteroatoms. The molecule has 29 heavy (non-hydrogen) atoms. The lowest BCUT2D eigenvalue weighted by Gasteiger charge is -2.13. The molecule has 0 saturated carbocycles. The van der Waals surface area contributed by atoms with Gasteiger partial charge < -0.3 is 14.8 Å². The largest absolute Gasteiger partial charge is 0.490 e. The predicted molar refractivity (Wildman–Crippen MR) is 107 cm³/mol. The number of halogens is 2. The van der Waals surface area contributed by atoms with Gasteiger partial charge in [0.05, 0.1) is 24.8 Å². The van der Waals surface area contributed by atoms with Gasteiger partial charge in [-0.3, -0.25) is 9.69 Å². The Labute approximate surface area is 172 Å². The third kappa shape index (κ3) is 4.51. The van der Waals surface area contributed by atoms with E-state index in [0.717, 1.165) is 4.90 Å². The molecule has 1 saturated heterocycles. The Bertz CT molecular complexity index is 977. The van der Waals surface area contributed by atoms with Crippen molar-refractivity contribution in [3.05, 3.63) is 64.1 Å². The Morgan fingerprint density at radius 3 is 2.55 bits per heavy atom. The molecule has 0 unspecified atom stereocenters. The molecule has 1 heterocycles. The summed E-state index contributed by atoms with van der Waals surface area (Å²) in [6, 6.07) is 8.66. The highest BCUT2D eigenvalue weighted by Gasteiger charge is 2.34. The molecule has 3 amide bonds. The molecule has 3 rings (SSSR count). The van der Waals surface area contributed by atoms with Crippen LogP contribution in [0.5, 0.6) is 11.5 Å². The zero-order valence-electron chi connectivity index (χ0n) is 16.0. The van der Waals surface area contributed by atoms with Gasteiger partial charge in [0.2, 0.25) is 0 Å². The SMILES string of the molecule is CCOc1cc(C=C2NC(=O)N(Cc3ccccc3F)C2=O)cc(Cl)c1OCC. The summed E-state index contributed by atoms with van der Waals surface area (Å²) in [5, 5.41) is 2.84. The van der Waals surface area contributed by atoms with Crippen LogP contribution in [0.3, 0.4) is 0 Å². The summed E-state index contributed by atoms with van der Waals surface area (Å²) in [5.41, 5.74) is 0.868. The summed E-state index contributed by atoms with van der Waals surface area (Å²) < 4.78 is 25.0. The van der Waals surface area contributed by atoms with Gasteiger partial charge in [-0.05, 0) is 43.7 Å². The zero-order chi connectivity index (χ0) is 21.0. The van der Waals surface area contributed by atoms with Gasteiger partial charge in [-0.25, -0.2) is 9.18 Å². The number of imide groups is 1. The molecule has 0 atom stereocenters. The fourth-order valence-electron chi connectivity index (χ4n) is 2.90. The Balaban J connectivity index is 1.88. The van der Waals surface area contributed by atoms with Gasteiger partial charge in [0.25, 0.3) is 5.91 Å². The minimum Gasteiger partial charge on any atom is -0.490 e. The van der Waals surface area contributed by atoms with Gasteiger partial charge in [0.15, 0.2) is 11.5 Å². The molecule has 0 aromatic heterocycles. The van der Waals surface area contributed by atoms with E-state index in [1.807, 2.05) is 13.8 Å². The second-order valence-corrected chi connectivity index (χ2v) is 6.57. The summed E-state index contributed by atoms with van der Waals surface area (Å²) >= 11 is 6.29. The lowest BCUT2D eigenvalue weighted by Crippen LogP contribution is -2.30. The summed E-state index contributed by atoms with van der Waals surface area (Å²) in [7, 11) is 0. The Hall–Kier alpha value is -3.06. The van der Waals surface area contributed by atoms with E-state index in [2.05, 4.69) is 5.32 Å². The molecule has 1 fully saturated rings. The van der Waals surface area contributed by atoms with Crippen LogP contribution in [0.4, 0.5) is 9.18 Å². The summed E-state index contributed by atoms with van der Waals surface area (Å²) in [5.74, 6) is -0.179. The number of carbonyl (C=O) groups excluding carboxylic acids is 2. The van der Waals surface area contributed by atoms with E-state index in [4.69, 9.17) is 21.1 Å². The highest BCUT2D eigenvalue weighted by Crippen LogP contribution is 2.37. The molecule has 6 nitrogen and oxygen atoms in total. The van der Waals surface area contributed by atoms with Gasteiger partial charge in [0, 0.05) is 5.56 Å². The maximum Gasteiger partial charge on any atom is 0.329 e. The normalized spacial score (nSPS) is 15.0. The molecule has 0 radical (unpaired) electrons. The summed E-state index contributed by atoms with van der Waals surface area (Å²) in [6.07, 6.45) is 1.49. The molecule has 1 aliphatic rings. The lowest BCUT2D eigenvalue weighted by atomic mass is 10.1. The van der Waals surface area contributed by atoms with Gasteiger partial charge in [0.1, 0.15) is 11.5 Å². The van der Waals surface area contributed by atoms with E-state index < -0.39 is 17.8 Å². The van der Waals surface area contributed by atoms with Crippen LogP contribution >= 0.6 is 11.6 Å². The fourth-order valence-corrected chi connectivity index (χ4v) is 3.17. The van der Waals surface area contributed by atoms with Crippen molar-refractivity contribution < 1.29 is 23.5 Å². The maximum absolute atomic E-state index is 13.9. The van der Waals surface area contributed by atoms with E-state index in [-0.39, 0.29) is 17.8 Å². The van der Waals surface area contributed by atoms with Crippen molar-refractivity contribution in [1.29, 1.82) is 0 Å². The van der Waals surface area contributed by atoms with Crippen molar-refractivity contribution in [2.75, 3.05) is 13.2 Å². The van der Waals surface area contributed by atoms with Crippen LogP contribution in [-0.2, 0) is 11.3 Å². The second kappa shape index (κ2) is 8.96. The number of urea groups is 1. The predicted octanol–water partition coefficient (Wildman–Crippen LogP) is 4.37. The van der Waals surface area contributed by atoms with Crippen LogP contribution in [0.15, 0.2) is 42.1 Å². The molecule has 152 valence electrons. The Kier molecular flexibility index (Phi) is 6.39. The monoisotopic (exact) mass is 418 g/mol. The minimum atomic E-state index is -0.619. The molecule has 0 spiro atoms. The number of carbonyl (C=O) groups is 2.